The number of hydrogen-bond acceptors (Lipinski definition) is 1. The number of hydrogen-bond donors (Lipinski definition) is 0. The van der Waals surface area contributed by atoms with E-state index in [1.165, 1.54) is 5.56 Å². The molecule has 0 bridgehead atoms. The smallest absolute Gasteiger partial charge is 0.122 e. The molecule has 88 valence electrons. The van der Waals surface area contributed by atoms with E-state index in [9.17, 15) is 0 Å². The Bertz CT molecular complexity index is 650. The molecule has 2 heteroatoms. The minimum absolute atomic E-state index is 0.790. The molecule has 18 heavy (non-hydrogen) atoms. The molecule has 0 fully saturated rings. The molecule has 0 spiro atoms. The van der Waals surface area contributed by atoms with E-state index in [0.717, 1.165) is 34.4 Å². The van der Waals surface area contributed by atoms with Gasteiger partial charge in [0, 0.05) is 22.0 Å². The maximum Gasteiger partial charge on any atom is 0.122 e. The first-order valence-electron chi connectivity index (χ1n) is 5.84. The highest BCUT2D eigenvalue weighted by atomic mass is 79.9. The zero-order valence-corrected chi connectivity index (χ0v) is 11.3. The third kappa shape index (κ3) is 2.42. The number of benzene rings is 2. The first-order chi connectivity index (χ1) is 8.81. The maximum atomic E-state index is 5.48. The van der Waals surface area contributed by atoms with Crippen LogP contribution < -0.4 is 4.74 Å². The molecule has 0 atom stereocenters. The molecule has 1 aliphatic heterocycles. The van der Waals surface area contributed by atoms with Gasteiger partial charge in [-0.2, -0.15) is 0 Å². The predicted molar refractivity (Wildman–Crippen MR) is 75.8 cm³/mol. The number of halogens is 1. The normalized spacial score (nSPS) is 12.3. The van der Waals surface area contributed by atoms with Crippen LogP contribution in [0.1, 0.15) is 16.7 Å². The fraction of sp³-hybridized carbons (Fsp3) is 0.125. The molecular formula is C16H11BrO. The second-order valence-corrected chi connectivity index (χ2v) is 5.10. The van der Waals surface area contributed by atoms with Crippen LogP contribution in [0.4, 0.5) is 0 Å². The molecule has 0 unspecified atom stereocenters. The lowest BCUT2D eigenvalue weighted by atomic mass is 10.1. The molecule has 0 aliphatic carbocycles. The summed E-state index contributed by atoms with van der Waals surface area (Å²) < 4.78 is 6.53. The standard InChI is InChI=1S/C16H11BrO/c17-15-3-1-2-12(11-15)4-5-13-6-7-16-14(10-13)8-9-18-16/h1-3,6-7,10-11H,8-9H2. The molecule has 1 nitrogen and oxygen atoms in total. The first-order valence-corrected chi connectivity index (χ1v) is 6.64. The zero-order valence-electron chi connectivity index (χ0n) is 9.74. The number of fused-ring (bicyclic) bond motifs is 1. The van der Waals surface area contributed by atoms with Crippen LogP contribution in [0.25, 0.3) is 0 Å². The largest absolute Gasteiger partial charge is 0.493 e. The van der Waals surface area contributed by atoms with Crippen LogP contribution in [0.5, 0.6) is 5.75 Å². The third-order valence-electron chi connectivity index (χ3n) is 2.87. The average Bonchev–Trinajstić information content (AvgIpc) is 2.84. The predicted octanol–water partition coefficient (Wildman–Crippen LogP) is 3.78. The van der Waals surface area contributed by atoms with Crippen LogP contribution in [0.15, 0.2) is 46.9 Å². The minimum atomic E-state index is 0.790. The molecule has 0 N–H and O–H groups in total. The van der Waals surface area contributed by atoms with Gasteiger partial charge in [0.15, 0.2) is 0 Å². The van der Waals surface area contributed by atoms with E-state index in [1.54, 1.807) is 0 Å². The Morgan fingerprint density at radius 1 is 1.00 bits per heavy atom. The monoisotopic (exact) mass is 298 g/mol. The van der Waals surface area contributed by atoms with Crippen molar-refractivity contribution in [2.45, 2.75) is 6.42 Å². The molecule has 0 amide bonds. The maximum absolute atomic E-state index is 5.48. The van der Waals surface area contributed by atoms with E-state index in [0.29, 0.717) is 0 Å². The Balaban J connectivity index is 1.89. The van der Waals surface area contributed by atoms with Crippen molar-refractivity contribution in [3.05, 3.63) is 63.6 Å². The Kier molecular flexibility index (Phi) is 3.08. The van der Waals surface area contributed by atoms with E-state index in [2.05, 4.69) is 33.8 Å². The topological polar surface area (TPSA) is 9.23 Å². The third-order valence-corrected chi connectivity index (χ3v) is 3.36. The Hall–Kier alpha value is -1.72. The second kappa shape index (κ2) is 4.88. The van der Waals surface area contributed by atoms with Crippen LogP contribution in [0, 0.1) is 11.8 Å². The summed E-state index contributed by atoms with van der Waals surface area (Å²) in [6.07, 6.45) is 0.988. The van der Waals surface area contributed by atoms with Crippen molar-refractivity contribution in [2.75, 3.05) is 6.61 Å². The van der Waals surface area contributed by atoms with E-state index in [-0.39, 0.29) is 0 Å². The summed E-state index contributed by atoms with van der Waals surface area (Å²) >= 11 is 3.44. The van der Waals surface area contributed by atoms with Gasteiger partial charge in [-0.1, -0.05) is 33.8 Å². The molecule has 0 aromatic heterocycles. The molecule has 0 saturated heterocycles. The molecule has 1 aliphatic rings. The molecule has 2 aromatic rings. The van der Waals surface area contributed by atoms with Crippen LogP contribution >= 0.6 is 15.9 Å². The van der Waals surface area contributed by atoms with Gasteiger partial charge in [-0.3, -0.25) is 0 Å². The van der Waals surface area contributed by atoms with E-state index in [4.69, 9.17) is 4.74 Å². The minimum Gasteiger partial charge on any atom is -0.493 e. The van der Waals surface area contributed by atoms with Gasteiger partial charge in [0.2, 0.25) is 0 Å². The molecule has 0 radical (unpaired) electrons. The number of rotatable bonds is 0. The molecular weight excluding hydrogens is 288 g/mol. The quantitative estimate of drug-likeness (QED) is 0.673. The van der Waals surface area contributed by atoms with Gasteiger partial charge in [-0.05, 0) is 42.0 Å². The lowest BCUT2D eigenvalue weighted by molar-refractivity contribution is 0.357. The van der Waals surface area contributed by atoms with Gasteiger partial charge in [0.05, 0.1) is 6.61 Å². The van der Waals surface area contributed by atoms with Crippen molar-refractivity contribution in [1.82, 2.24) is 0 Å². The Morgan fingerprint density at radius 2 is 1.83 bits per heavy atom. The van der Waals surface area contributed by atoms with Crippen molar-refractivity contribution in [3.63, 3.8) is 0 Å². The highest BCUT2D eigenvalue weighted by Crippen LogP contribution is 2.25. The lowest BCUT2D eigenvalue weighted by Gasteiger charge is -1.98. The van der Waals surface area contributed by atoms with Gasteiger partial charge in [0.1, 0.15) is 5.75 Å². The highest BCUT2D eigenvalue weighted by molar-refractivity contribution is 9.10. The Labute approximate surface area is 115 Å². The lowest BCUT2D eigenvalue weighted by Crippen LogP contribution is -1.85. The van der Waals surface area contributed by atoms with Crippen LogP contribution in [0.3, 0.4) is 0 Å². The van der Waals surface area contributed by atoms with Gasteiger partial charge in [-0.15, -0.1) is 0 Å². The fourth-order valence-electron chi connectivity index (χ4n) is 1.97. The number of ether oxygens (including phenoxy) is 1. The van der Waals surface area contributed by atoms with Crippen molar-refractivity contribution in [2.24, 2.45) is 0 Å². The first kappa shape index (κ1) is 11.4. The summed E-state index contributed by atoms with van der Waals surface area (Å²) in [5.74, 6) is 7.37. The SMILES string of the molecule is Brc1cccc(C#Cc2ccc3c(c2)CCO3)c1. The van der Waals surface area contributed by atoms with Gasteiger partial charge in [-0.25, -0.2) is 0 Å². The Morgan fingerprint density at radius 3 is 2.67 bits per heavy atom. The molecule has 1 heterocycles. The summed E-state index contributed by atoms with van der Waals surface area (Å²) in [6, 6.07) is 14.1. The van der Waals surface area contributed by atoms with Crippen molar-refractivity contribution >= 4 is 15.9 Å². The van der Waals surface area contributed by atoms with Crippen LogP contribution in [-0.2, 0) is 6.42 Å². The zero-order chi connectivity index (χ0) is 12.4. The van der Waals surface area contributed by atoms with Crippen LogP contribution in [0.2, 0.25) is 0 Å². The summed E-state index contributed by atoms with van der Waals surface area (Å²) in [7, 11) is 0. The molecule has 2 aromatic carbocycles. The average molecular weight is 299 g/mol. The molecule has 0 saturated carbocycles. The van der Waals surface area contributed by atoms with Crippen molar-refractivity contribution in [1.29, 1.82) is 0 Å². The van der Waals surface area contributed by atoms with Gasteiger partial charge >= 0.3 is 0 Å². The van der Waals surface area contributed by atoms with E-state index in [1.807, 2.05) is 36.4 Å². The van der Waals surface area contributed by atoms with E-state index < -0.39 is 0 Å². The summed E-state index contributed by atoms with van der Waals surface area (Å²) in [4.78, 5) is 0. The molecule has 3 rings (SSSR count). The van der Waals surface area contributed by atoms with E-state index >= 15 is 0 Å². The second-order valence-electron chi connectivity index (χ2n) is 4.18. The van der Waals surface area contributed by atoms with Crippen molar-refractivity contribution in [3.8, 4) is 17.6 Å². The fourth-order valence-corrected chi connectivity index (χ4v) is 2.37. The van der Waals surface area contributed by atoms with Crippen molar-refractivity contribution < 1.29 is 4.74 Å². The summed E-state index contributed by atoms with van der Waals surface area (Å²) in [6.45, 7) is 0.790. The summed E-state index contributed by atoms with van der Waals surface area (Å²) in [5, 5.41) is 0. The van der Waals surface area contributed by atoms with Gasteiger partial charge in [0.25, 0.3) is 0 Å². The van der Waals surface area contributed by atoms with Gasteiger partial charge < -0.3 is 4.74 Å². The summed E-state index contributed by atoms with van der Waals surface area (Å²) in [5.41, 5.74) is 3.32. The van der Waals surface area contributed by atoms with Crippen LogP contribution in [-0.4, -0.2) is 6.61 Å². The highest BCUT2D eigenvalue weighted by Gasteiger charge is 2.10.